The Morgan fingerprint density at radius 2 is 1.74 bits per heavy atom. The highest BCUT2D eigenvalue weighted by molar-refractivity contribution is 9.10. The number of aromatic nitrogens is 1. The molecule has 9 heteroatoms. The number of rotatable bonds is 6. The maximum Gasteiger partial charge on any atom is 0.289 e. The van der Waals surface area contributed by atoms with Crippen molar-refractivity contribution in [3.63, 3.8) is 0 Å². The molecule has 2 aromatic heterocycles. The van der Waals surface area contributed by atoms with Crippen molar-refractivity contribution in [2.24, 2.45) is 0 Å². The van der Waals surface area contributed by atoms with Gasteiger partial charge in [0.05, 0.1) is 4.90 Å². The molecule has 0 unspecified atom stereocenters. The van der Waals surface area contributed by atoms with Crippen LogP contribution in [0, 0.1) is 0 Å². The molecule has 0 radical (unpaired) electrons. The number of carbonyl (C=O) groups is 1. The Balaban J connectivity index is 1.35. The predicted molar refractivity (Wildman–Crippen MR) is 119 cm³/mol. The lowest BCUT2D eigenvalue weighted by Gasteiger charge is -2.34. The van der Waals surface area contributed by atoms with Crippen LogP contribution in [0.3, 0.4) is 0 Å². The Kier molecular flexibility index (Phi) is 6.54. The molecule has 0 N–H and O–H groups in total. The molecule has 0 aliphatic carbocycles. The second-order valence-electron chi connectivity index (χ2n) is 7.28. The summed E-state index contributed by atoms with van der Waals surface area (Å²) in [6.45, 7) is 3.52. The van der Waals surface area contributed by atoms with Gasteiger partial charge in [0, 0.05) is 55.5 Å². The van der Waals surface area contributed by atoms with E-state index in [4.69, 9.17) is 4.42 Å². The minimum Gasteiger partial charge on any atom is -0.439 e. The molecule has 31 heavy (non-hydrogen) atoms. The van der Waals surface area contributed by atoms with Gasteiger partial charge in [-0.25, -0.2) is 8.42 Å². The Morgan fingerprint density at radius 3 is 2.42 bits per heavy atom. The van der Waals surface area contributed by atoms with Crippen molar-refractivity contribution in [1.82, 2.24) is 14.8 Å². The zero-order chi connectivity index (χ0) is 21.8. The fourth-order valence-electron chi connectivity index (χ4n) is 3.46. The third-order valence-electron chi connectivity index (χ3n) is 5.25. The first-order valence-corrected chi connectivity index (χ1v) is 12.2. The summed E-state index contributed by atoms with van der Waals surface area (Å²) in [6, 6.07) is 14.9. The molecule has 1 saturated heterocycles. The number of halogens is 1. The van der Waals surface area contributed by atoms with Crippen LogP contribution in [0.15, 0.2) is 79.7 Å². The van der Waals surface area contributed by atoms with Gasteiger partial charge in [-0.05, 0) is 48.5 Å². The maximum atomic E-state index is 12.8. The molecule has 162 valence electrons. The van der Waals surface area contributed by atoms with Crippen LogP contribution < -0.4 is 0 Å². The zero-order valence-electron chi connectivity index (χ0n) is 16.8. The van der Waals surface area contributed by atoms with E-state index in [1.807, 2.05) is 18.2 Å². The molecule has 1 amide bonds. The molecule has 3 aromatic rings. The zero-order valence-corrected chi connectivity index (χ0v) is 19.2. The van der Waals surface area contributed by atoms with Crippen LogP contribution in [0.4, 0.5) is 0 Å². The van der Waals surface area contributed by atoms with Crippen LogP contribution in [0.1, 0.15) is 16.2 Å². The Labute approximate surface area is 189 Å². The number of benzene rings is 1. The number of hydrogen-bond acceptors (Lipinski definition) is 6. The summed E-state index contributed by atoms with van der Waals surface area (Å²) in [6.07, 6.45) is 2.66. The second kappa shape index (κ2) is 9.33. The van der Waals surface area contributed by atoms with Crippen molar-refractivity contribution in [2.75, 3.05) is 32.7 Å². The average Bonchev–Trinajstić information content (AvgIpc) is 3.30. The van der Waals surface area contributed by atoms with E-state index in [1.165, 1.54) is 24.3 Å². The van der Waals surface area contributed by atoms with Gasteiger partial charge in [0.15, 0.2) is 5.76 Å². The van der Waals surface area contributed by atoms with E-state index in [0.717, 1.165) is 36.2 Å². The third kappa shape index (κ3) is 5.06. The Bertz CT molecular complexity index is 1140. The van der Waals surface area contributed by atoms with E-state index in [0.29, 0.717) is 13.1 Å². The number of furan rings is 1. The van der Waals surface area contributed by atoms with Gasteiger partial charge >= 0.3 is 0 Å². The van der Waals surface area contributed by atoms with Gasteiger partial charge < -0.3 is 9.32 Å². The first-order valence-electron chi connectivity index (χ1n) is 9.95. The molecule has 1 aliphatic rings. The molecular formula is C22H22BrN3O4S. The topological polar surface area (TPSA) is 83.7 Å². The summed E-state index contributed by atoms with van der Waals surface area (Å²) in [4.78, 5) is 21.3. The van der Waals surface area contributed by atoms with Crippen LogP contribution in [-0.2, 0) is 16.3 Å². The number of piperazine rings is 1. The minimum absolute atomic E-state index is 0.0395. The van der Waals surface area contributed by atoms with Crippen LogP contribution in [0.5, 0.6) is 0 Å². The van der Waals surface area contributed by atoms with Crippen LogP contribution in [-0.4, -0.2) is 61.8 Å². The average molecular weight is 504 g/mol. The summed E-state index contributed by atoms with van der Waals surface area (Å²) in [7, 11) is -3.81. The number of carbonyl (C=O) groups excluding carboxylic acids is 1. The predicted octanol–water partition coefficient (Wildman–Crippen LogP) is 3.27. The number of pyridine rings is 1. The molecule has 0 spiro atoms. The second-order valence-corrected chi connectivity index (χ2v) is 10.1. The van der Waals surface area contributed by atoms with E-state index in [2.05, 4.69) is 25.8 Å². The largest absolute Gasteiger partial charge is 0.439 e. The molecule has 1 fully saturated rings. The highest BCUT2D eigenvalue weighted by atomic mass is 79.9. The number of sulfone groups is 1. The smallest absolute Gasteiger partial charge is 0.289 e. The van der Waals surface area contributed by atoms with E-state index in [-0.39, 0.29) is 21.7 Å². The highest BCUT2D eigenvalue weighted by Crippen LogP contribution is 2.25. The molecule has 1 aromatic carbocycles. The summed E-state index contributed by atoms with van der Waals surface area (Å²) < 4.78 is 31.7. The molecule has 0 saturated carbocycles. The van der Waals surface area contributed by atoms with E-state index in [9.17, 15) is 13.2 Å². The van der Waals surface area contributed by atoms with Crippen LogP contribution >= 0.6 is 15.9 Å². The van der Waals surface area contributed by atoms with Gasteiger partial charge in [-0.15, -0.1) is 0 Å². The first kappa shape index (κ1) is 21.7. The lowest BCUT2D eigenvalue weighted by molar-refractivity contribution is 0.0602. The van der Waals surface area contributed by atoms with Crippen LogP contribution in [0.25, 0.3) is 0 Å². The molecule has 3 heterocycles. The quantitative estimate of drug-likeness (QED) is 0.513. The number of hydrogen-bond donors (Lipinski definition) is 0. The van der Waals surface area contributed by atoms with Gasteiger partial charge in [0.25, 0.3) is 5.91 Å². The minimum atomic E-state index is -3.81. The normalized spacial score (nSPS) is 15.2. The molecule has 4 rings (SSSR count). The Morgan fingerprint density at radius 1 is 1.00 bits per heavy atom. The van der Waals surface area contributed by atoms with Gasteiger partial charge in [0.2, 0.25) is 14.9 Å². The van der Waals surface area contributed by atoms with Gasteiger partial charge in [-0.1, -0.05) is 22.0 Å². The van der Waals surface area contributed by atoms with Crippen molar-refractivity contribution < 1.29 is 17.6 Å². The standard InChI is InChI=1S/C22H22BrN3O4S/c23-17-4-6-19(7-5-17)31(28,29)21-9-8-20(30-21)22(27)26-15-13-25(14-16-26)12-10-18-3-1-2-11-24-18/h1-9,11H,10,12-16H2. The van der Waals surface area contributed by atoms with Crippen LogP contribution in [0.2, 0.25) is 0 Å². The fourth-order valence-corrected chi connectivity index (χ4v) is 4.90. The molecule has 1 aliphatic heterocycles. The first-order chi connectivity index (χ1) is 14.9. The van der Waals surface area contributed by atoms with Crippen molar-refractivity contribution in [1.29, 1.82) is 0 Å². The highest BCUT2D eigenvalue weighted by Gasteiger charge is 2.27. The van der Waals surface area contributed by atoms with Crippen molar-refractivity contribution in [3.05, 3.63) is 76.7 Å². The monoisotopic (exact) mass is 503 g/mol. The summed E-state index contributed by atoms with van der Waals surface area (Å²) in [5.41, 5.74) is 1.05. The molecule has 7 nitrogen and oxygen atoms in total. The summed E-state index contributed by atoms with van der Waals surface area (Å²) in [5.74, 6) is -0.251. The van der Waals surface area contributed by atoms with Gasteiger partial charge in [0.1, 0.15) is 0 Å². The van der Waals surface area contributed by atoms with Crippen molar-refractivity contribution in [2.45, 2.75) is 16.4 Å². The maximum absolute atomic E-state index is 12.8. The van der Waals surface area contributed by atoms with E-state index >= 15 is 0 Å². The van der Waals surface area contributed by atoms with Crippen molar-refractivity contribution >= 4 is 31.7 Å². The number of nitrogens with zero attached hydrogens (tertiary/aromatic N) is 3. The van der Waals surface area contributed by atoms with E-state index < -0.39 is 9.84 Å². The lowest BCUT2D eigenvalue weighted by atomic mass is 10.2. The Hall–Kier alpha value is -2.49. The van der Waals surface area contributed by atoms with Gasteiger partial charge in [-0.2, -0.15) is 0 Å². The molecule has 0 atom stereocenters. The molecule has 0 bridgehead atoms. The van der Waals surface area contributed by atoms with Crippen molar-refractivity contribution in [3.8, 4) is 0 Å². The fraction of sp³-hybridized carbons (Fsp3) is 0.273. The third-order valence-corrected chi connectivity index (χ3v) is 7.42. The molecular weight excluding hydrogens is 482 g/mol. The summed E-state index contributed by atoms with van der Waals surface area (Å²) in [5, 5.41) is -0.229. The summed E-state index contributed by atoms with van der Waals surface area (Å²) >= 11 is 3.29. The number of amides is 1. The SMILES string of the molecule is O=C(c1ccc(S(=O)(=O)c2ccc(Br)cc2)o1)N1CCN(CCc2ccccn2)CC1. The van der Waals surface area contributed by atoms with Gasteiger partial charge in [-0.3, -0.25) is 14.7 Å². The lowest BCUT2D eigenvalue weighted by Crippen LogP contribution is -2.49. The van der Waals surface area contributed by atoms with E-state index in [1.54, 1.807) is 23.2 Å².